The van der Waals surface area contributed by atoms with E-state index in [1.807, 2.05) is 0 Å². The Balaban J connectivity index is 5.53. The second-order valence-corrected chi connectivity index (χ2v) is 14.1. The molecule has 0 spiro atoms. The van der Waals surface area contributed by atoms with Crippen molar-refractivity contribution in [2.24, 2.45) is 0 Å². The molecule has 0 atom stereocenters. The molecule has 48 heavy (non-hydrogen) atoms. The maximum absolute atomic E-state index is 13.1. The zero-order chi connectivity index (χ0) is 36.9. The molecule has 0 aliphatic rings. The number of carbonyl (C=O) groups excluding carboxylic acids is 4. The summed E-state index contributed by atoms with van der Waals surface area (Å²) in [4.78, 5) is 60.3. The number of aliphatic carboxylic acids is 1. The minimum atomic E-state index is -1.28. The van der Waals surface area contributed by atoms with Crippen LogP contribution in [0.25, 0.3) is 0 Å². The smallest absolute Gasteiger partial charge is 0.308 e. The summed E-state index contributed by atoms with van der Waals surface area (Å²) in [5.74, 6) is -2.76. The number of hydrogen-bond donors (Lipinski definition) is 2. The van der Waals surface area contributed by atoms with Gasteiger partial charge in [-0.25, -0.2) is 0 Å². The zero-order valence-corrected chi connectivity index (χ0v) is 30.4. The van der Waals surface area contributed by atoms with E-state index >= 15 is 0 Å². The number of hydrogen-bond acceptors (Lipinski definition) is 13. The maximum Gasteiger partial charge on any atom is 0.308 e. The van der Waals surface area contributed by atoms with Gasteiger partial charge in [-0.15, -0.1) is 0 Å². The van der Waals surface area contributed by atoms with Gasteiger partial charge in [0.05, 0.1) is 91.8 Å². The van der Waals surface area contributed by atoms with Crippen LogP contribution in [0.1, 0.15) is 94.4 Å². The summed E-state index contributed by atoms with van der Waals surface area (Å²) >= 11 is 0. The SMILES string of the molecule is CC(C)(C)OC(=O)CCOCC(COCCC(=O)OC(C)(C)C)(COCCC(=O)OC(C)(C)C)NC(=O)CCOCCOCCC(=O)O. The van der Waals surface area contributed by atoms with Crippen molar-refractivity contribution in [1.29, 1.82) is 0 Å². The molecule has 0 fully saturated rings. The number of carbonyl (C=O) groups is 5. The molecule has 0 aromatic rings. The van der Waals surface area contributed by atoms with Gasteiger partial charge in [-0.05, 0) is 62.3 Å². The topological polar surface area (TPSA) is 191 Å². The van der Waals surface area contributed by atoms with Crippen LogP contribution in [0.2, 0.25) is 0 Å². The first kappa shape index (κ1) is 45.2. The molecule has 0 rings (SSSR count). The highest BCUT2D eigenvalue weighted by Gasteiger charge is 2.34. The highest BCUT2D eigenvalue weighted by molar-refractivity contribution is 5.77. The average Bonchev–Trinajstić information content (AvgIpc) is 2.90. The van der Waals surface area contributed by atoms with E-state index in [2.05, 4.69) is 5.32 Å². The summed E-state index contributed by atoms with van der Waals surface area (Å²) in [6.45, 7) is 15.7. The van der Waals surface area contributed by atoms with Crippen molar-refractivity contribution in [3.05, 3.63) is 0 Å². The van der Waals surface area contributed by atoms with Crippen molar-refractivity contribution in [1.82, 2.24) is 5.32 Å². The van der Waals surface area contributed by atoms with Crippen LogP contribution in [-0.4, -0.2) is 123 Å². The molecule has 0 aliphatic heterocycles. The van der Waals surface area contributed by atoms with Crippen LogP contribution >= 0.6 is 0 Å². The third-order valence-electron chi connectivity index (χ3n) is 5.46. The van der Waals surface area contributed by atoms with Crippen molar-refractivity contribution in [2.45, 2.75) is 117 Å². The highest BCUT2D eigenvalue weighted by atomic mass is 16.6. The van der Waals surface area contributed by atoms with Crippen LogP contribution < -0.4 is 5.32 Å². The lowest BCUT2D eigenvalue weighted by atomic mass is 10.0. The lowest BCUT2D eigenvalue weighted by Crippen LogP contribution is -2.59. The summed E-state index contributed by atoms with van der Waals surface area (Å²) in [5.41, 5.74) is -3.27. The van der Waals surface area contributed by atoms with Gasteiger partial charge in [0, 0.05) is 6.42 Å². The monoisotopic (exact) mass is 693 g/mol. The number of carboxylic acids is 1. The molecule has 0 bridgehead atoms. The van der Waals surface area contributed by atoms with Crippen LogP contribution in [0.15, 0.2) is 0 Å². The van der Waals surface area contributed by atoms with Crippen LogP contribution in [0, 0.1) is 0 Å². The molecular weight excluding hydrogens is 634 g/mol. The fourth-order valence-corrected chi connectivity index (χ4v) is 3.68. The van der Waals surface area contributed by atoms with E-state index < -0.39 is 52.1 Å². The van der Waals surface area contributed by atoms with Gasteiger partial charge >= 0.3 is 23.9 Å². The van der Waals surface area contributed by atoms with Gasteiger partial charge in [-0.1, -0.05) is 0 Å². The highest BCUT2D eigenvalue weighted by Crippen LogP contribution is 2.14. The van der Waals surface area contributed by atoms with Gasteiger partial charge in [-0.3, -0.25) is 24.0 Å². The van der Waals surface area contributed by atoms with Crippen LogP contribution in [-0.2, 0) is 61.9 Å². The van der Waals surface area contributed by atoms with Crippen LogP contribution in [0.5, 0.6) is 0 Å². The number of carboxylic acid groups (broad SMARTS) is 1. The van der Waals surface area contributed by atoms with E-state index in [-0.39, 0.29) is 98.2 Å². The Morgan fingerprint density at radius 1 is 0.458 bits per heavy atom. The van der Waals surface area contributed by atoms with E-state index in [1.165, 1.54) is 0 Å². The summed E-state index contributed by atoms with van der Waals surface area (Å²) < 4.78 is 44.1. The van der Waals surface area contributed by atoms with Gasteiger partial charge in [0.25, 0.3) is 0 Å². The Labute approximate surface area is 284 Å². The second-order valence-electron chi connectivity index (χ2n) is 14.1. The fourth-order valence-electron chi connectivity index (χ4n) is 3.68. The molecule has 0 heterocycles. The number of rotatable bonds is 25. The molecule has 15 nitrogen and oxygen atoms in total. The van der Waals surface area contributed by atoms with E-state index in [9.17, 15) is 24.0 Å². The van der Waals surface area contributed by atoms with Gasteiger partial charge in [0.1, 0.15) is 22.3 Å². The summed E-state index contributed by atoms with van der Waals surface area (Å²) in [5, 5.41) is 11.6. The summed E-state index contributed by atoms with van der Waals surface area (Å²) in [6, 6.07) is 0. The van der Waals surface area contributed by atoms with E-state index in [0.29, 0.717) is 0 Å². The van der Waals surface area contributed by atoms with Crippen molar-refractivity contribution in [2.75, 3.05) is 66.1 Å². The predicted octanol–water partition coefficient (Wildman–Crippen LogP) is 2.98. The van der Waals surface area contributed by atoms with Gasteiger partial charge in [0.2, 0.25) is 5.91 Å². The number of esters is 3. The number of ether oxygens (including phenoxy) is 8. The fraction of sp³-hybridized carbons (Fsp3) is 0.848. The molecule has 0 aliphatic carbocycles. The molecule has 0 radical (unpaired) electrons. The van der Waals surface area contributed by atoms with E-state index in [0.717, 1.165) is 0 Å². The molecule has 2 N–H and O–H groups in total. The lowest BCUT2D eigenvalue weighted by molar-refractivity contribution is -0.157. The molecule has 0 unspecified atom stereocenters. The van der Waals surface area contributed by atoms with Crippen molar-refractivity contribution < 1.29 is 67.0 Å². The van der Waals surface area contributed by atoms with E-state index in [1.54, 1.807) is 62.3 Å². The standard InChI is InChI=1S/C33H59NO14/c1-30(2,3)46-27(38)12-17-43-22-33(23-44-18-13-28(39)47-31(4,5)6,24-45-19-14-29(40)48-32(7,8)9)34-25(35)10-15-41-20-21-42-16-11-26(36)37/h10-24H2,1-9H3,(H,34,35)(H,36,37). The minimum Gasteiger partial charge on any atom is -0.481 e. The Kier molecular flexibility index (Phi) is 21.4. The molecule has 15 heteroatoms. The summed E-state index contributed by atoms with van der Waals surface area (Å²) in [7, 11) is 0. The van der Waals surface area contributed by atoms with Gasteiger partial charge < -0.3 is 48.3 Å². The Morgan fingerprint density at radius 2 is 0.771 bits per heavy atom. The first-order valence-corrected chi connectivity index (χ1v) is 16.2. The van der Waals surface area contributed by atoms with Gasteiger partial charge in [-0.2, -0.15) is 0 Å². The van der Waals surface area contributed by atoms with Crippen molar-refractivity contribution >= 4 is 29.8 Å². The van der Waals surface area contributed by atoms with Gasteiger partial charge in [0.15, 0.2) is 0 Å². The van der Waals surface area contributed by atoms with Crippen LogP contribution in [0.3, 0.4) is 0 Å². The molecule has 0 saturated carbocycles. The molecule has 280 valence electrons. The second kappa shape index (κ2) is 22.7. The molecule has 0 aromatic carbocycles. The molecule has 0 saturated heterocycles. The maximum atomic E-state index is 13.1. The zero-order valence-electron chi connectivity index (χ0n) is 30.4. The third-order valence-corrected chi connectivity index (χ3v) is 5.46. The average molecular weight is 694 g/mol. The largest absolute Gasteiger partial charge is 0.481 e. The lowest BCUT2D eigenvalue weighted by Gasteiger charge is -2.34. The normalized spacial score (nSPS) is 12.4. The first-order chi connectivity index (χ1) is 22.1. The van der Waals surface area contributed by atoms with Crippen molar-refractivity contribution in [3.63, 3.8) is 0 Å². The van der Waals surface area contributed by atoms with E-state index in [4.69, 9.17) is 43.0 Å². The van der Waals surface area contributed by atoms with Crippen molar-refractivity contribution in [3.8, 4) is 0 Å². The minimum absolute atomic E-state index is 0.0205. The predicted molar refractivity (Wildman–Crippen MR) is 173 cm³/mol. The number of nitrogens with one attached hydrogen (secondary N) is 1. The Bertz CT molecular complexity index is 890. The molecule has 0 aromatic heterocycles. The van der Waals surface area contributed by atoms with Crippen LogP contribution in [0.4, 0.5) is 0 Å². The third kappa shape index (κ3) is 28.2. The summed E-state index contributed by atoms with van der Waals surface area (Å²) in [6.07, 6.45) is -0.289. The Hall–Kier alpha value is -2.85. The first-order valence-electron chi connectivity index (χ1n) is 16.2. The Morgan fingerprint density at radius 3 is 1.08 bits per heavy atom. The quantitative estimate of drug-likeness (QED) is 0.0806. The number of amides is 1. The molecule has 1 amide bonds. The molecular formula is C33H59NO14.